The Hall–Kier alpha value is -0.790. The minimum atomic E-state index is -0.831. The predicted octanol–water partition coefficient (Wildman–Crippen LogP) is 3.62. The summed E-state index contributed by atoms with van der Waals surface area (Å²) in [5.74, 6) is -0.644. The van der Waals surface area contributed by atoms with Crippen molar-refractivity contribution in [2.45, 2.75) is 52.4 Å². The second kappa shape index (κ2) is 7.60. The summed E-state index contributed by atoms with van der Waals surface area (Å²) >= 11 is 0. The summed E-state index contributed by atoms with van der Waals surface area (Å²) in [6.45, 7) is 7.91. The number of hydrogen-bond donors (Lipinski definition) is 1. The molecule has 14 heavy (non-hydrogen) atoms. The average Bonchev–Trinajstić information content (AvgIpc) is 2.17. The van der Waals surface area contributed by atoms with Gasteiger partial charge in [0, 0.05) is 5.57 Å². The third-order valence-corrected chi connectivity index (χ3v) is 2.58. The molecule has 0 rings (SSSR count). The molecule has 0 atom stereocenters. The van der Waals surface area contributed by atoms with Gasteiger partial charge in [-0.1, -0.05) is 46.1 Å². The average molecular weight is 198 g/mol. The molecule has 0 fully saturated rings. The van der Waals surface area contributed by atoms with E-state index in [2.05, 4.69) is 20.4 Å². The molecular formula is C12H22O2. The molecule has 0 radical (unpaired) electrons. The third-order valence-electron chi connectivity index (χ3n) is 2.58. The van der Waals surface area contributed by atoms with Gasteiger partial charge in [0.1, 0.15) is 0 Å². The molecule has 0 unspecified atom stereocenters. The van der Waals surface area contributed by atoms with Gasteiger partial charge in [0.2, 0.25) is 0 Å². The first-order valence-electron chi connectivity index (χ1n) is 5.55. The van der Waals surface area contributed by atoms with Gasteiger partial charge in [0.25, 0.3) is 0 Å². The Kier molecular flexibility index (Phi) is 7.17. The summed E-state index contributed by atoms with van der Waals surface area (Å²) in [6.07, 6.45) is 6.38. The van der Waals surface area contributed by atoms with Crippen molar-refractivity contribution in [3.8, 4) is 0 Å². The van der Waals surface area contributed by atoms with E-state index in [1.165, 1.54) is 0 Å². The zero-order valence-corrected chi connectivity index (χ0v) is 9.38. The molecule has 0 aliphatic rings. The molecule has 0 saturated heterocycles. The van der Waals surface area contributed by atoms with Gasteiger partial charge in [-0.3, -0.25) is 0 Å². The number of carbonyl (C=O) groups is 1. The number of carboxylic acids is 1. The maximum Gasteiger partial charge on any atom is 0.331 e. The Morgan fingerprint density at radius 2 is 1.64 bits per heavy atom. The van der Waals surface area contributed by atoms with Crippen molar-refractivity contribution < 1.29 is 9.90 Å². The van der Waals surface area contributed by atoms with E-state index in [1.54, 1.807) is 0 Å². The first-order valence-corrected chi connectivity index (χ1v) is 5.55. The highest BCUT2D eigenvalue weighted by atomic mass is 16.4. The van der Waals surface area contributed by atoms with Crippen molar-refractivity contribution >= 4 is 5.97 Å². The highest BCUT2D eigenvalue weighted by Gasteiger charge is 2.16. The molecule has 0 amide bonds. The molecule has 0 spiro atoms. The fourth-order valence-electron chi connectivity index (χ4n) is 1.57. The molecule has 0 heterocycles. The van der Waals surface area contributed by atoms with Crippen LogP contribution in [0.25, 0.3) is 0 Å². The van der Waals surface area contributed by atoms with Gasteiger partial charge in [0.15, 0.2) is 0 Å². The minimum absolute atomic E-state index is 0.187. The lowest BCUT2D eigenvalue weighted by Gasteiger charge is -2.15. The van der Waals surface area contributed by atoms with Crippen LogP contribution in [0, 0.1) is 5.92 Å². The lowest BCUT2D eigenvalue weighted by atomic mass is 9.89. The third kappa shape index (κ3) is 5.05. The fraction of sp³-hybridized carbons (Fsp3) is 0.750. The summed E-state index contributed by atoms with van der Waals surface area (Å²) in [5.41, 5.74) is 0.395. The first kappa shape index (κ1) is 13.2. The Morgan fingerprint density at radius 1 is 1.21 bits per heavy atom. The predicted molar refractivity (Wildman–Crippen MR) is 59.3 cm³/mol. The van der Waals surface area contributed by atoms with E-state index in [-0.39, 0.29) is 5.92 Å². The second-order valence-corrected chi connectivity index (χ2v) is 3.81. The zero-order chi connectivity index (χ0) is 11.0. The Balaban J connectivity index is 4.08. The van der Waals surface area contributed by atoms with Gasteiger partial charge in [0.05, 0.1) is 0 Å². The van der Waals surface area contributed by atoms with Crippen LogP contribution in [0.5, 0.6) is 0 Å². The summed E-state index contributed by atoms with van der Waals surface area (Å²) in [5, 5.41) is 8.85. The molecule has 0 aromatic carbocycles. The normalized spacial score (nSPS) is 10.5. The number of unbranched alkanes of at least 4 members (excludes halogenated alkanes) is 2. The highest BCUT2D eigenvalue weighted by Crippen LogP contribution is 2.23. The monoisotopic (exact) mass is 198 g/mol. The van der Waals surface area contributed by atoms with Crippen molar-refractivity contribution in [3.63, 3.8) is 0 Å². The van der Waals surface area contributed by atoms with Gasteiger partial charge < -0.3 is 5.11 Å². The van der Waals surface area contributed by atoms with Crippen molar-refractivity contribution in [2.75, 3.05) is 0 Å². The molecule has 0 bridgehead atoms. The van der Waals surface area contributed by atoms with Crippen LogP contribution in [0.2, 0.25) is 0 Å². The lowest BCUT2D eigenvalue weighted by molar-refractivity contribution is -0.133. The van der Waals surface area contributed by atoms with Gasteiger partial charge >= 0.3 is 5.97 Å². The van der Waals surface area contributed by atoms with Crippen LogP contribution in [-0.2, 0) is 4.79 Å². The summed E-state index contributed by atoms with van der Waals surface area (Å²) in [6, 6.07) is 0. The molecule has 0 aliphatic carbocycles. The fourth-order valence-corrected chi connectivity index (χ4v) is 1.57. The molecule has 1 N–H and O–H groups in total. The molecule has 2 heteroatoms. The minimum Gasteiger partial charge on any atom is -0.478 e. The SMILES string of the molecule is C=C(C(=O)O)C(CCCC)CCCC. The quantitative estimate of drug-likeness (QED) is 0.605. The van der Waals surface area contributed by atoms with Crippen LogP contribution in [-0.4, -0.2) is 11.1 Å². The van der Waals surface area contributed by atoms with Crippen molar-refractivity contribution in [1.82, 2.24) is 0 Å². The molecule has 2 nitrogen and oxygen atoms in total. The molecule has 0 aromatic heterocycles. The zero-order valence-electron chi connectivity index (χ0n) is 9.38. The molecule has 0 saturated carbocycles. The van der Waals surface area contributed by atoms with E-state index in [0.29, 0.717) is 5.57 Å². The van der Waals surface area contributed by atoms with E-state index in [1.807, 2.05) is 0 Å². The molecular weight excluding hydrogens is 176 g/mol. The second-order valence-electron chi connectivity index (χ2n) is 3.81. The maximum absolute atomic E-state index is 10.8. The largest absolute Gasteiger partial charge is 0.478 e. The number of aliphatic carboxylic acids is 1. The van der Waals surface area contributed by atoms with Crippen LogP contribution in [0.1, 0.15) is 52.4 Å². The number of rotatable bonds is 8. The molecule has 0 aliphatic heterocycles. The summed E-state index contributed by atoms with van der Waals surface area (Å²) in [7, 11) is 0. The van der Waals surface area contributed by atoms with E-state index in [0.717, 1.165) is 38.5 Å². The Morgan fingerprint density at radius 3 is 1.93 bits per heavy atom. The Bertz CT molecular complexity index is 177. The van der Waals surface area contributed by atoms with Gasteiger partial charge in [-0.2, -0.15) is 0 Å². The van der Waals surface area contributed by atoms with E-state index >= 15 is 0 Å². The van der Waals surface area contributed by atoms with Crippen LogP contribution in [0.4, 0.5) is 0 Å². The molecule has 0 aromatic rings. The lowest BCUT2D eigenvalue weighted by Crippen LogP contribution is -2.11. The van der Waals surface area contributed by atoms with E-state index < -0.39 is 5.97 Å². The van der Waals surface area contributed by atoms with Gasteiger partial charge in [-0.25, -0.2) is 4.79 Å². The summed E-state index contributed by atoms with van der Waals surface area (Å²) < 4.78 is 0. The van der Waals surface area contributed by atoms with E-state index in [4.69, 9.17) is 5.11 Å². The standard InChI is InChI=1S/C12H22O2/c1-4-6-8-11(9-7-5-2)10(3)12(13)14/h11H,3-9H2,1-2H3,(H,13,14). The first-order chi connectivity index (χ1) is 6.63. The van der Waals surface area contributed by atoms with Gasteiger partial charge in [-0.15, -0.1) is 0 Å². The highest BCUT2D eigenvalue weighted by molar-refractivity contribution is 5.86. The topological polar surface area (TPSA) is 37.3 Å². The number of carboxylic acid groups (broad SMARTS) is 1. The number of hydrogen-bond acceptors (Lipinski definition) is 1. The van der Waals surface area contributed by atoms with Crippen LogP contribution >= 0.6 is 0 Å². The van der Waals surface area contributed by atoms with Crippen molar-refractivity contribution in [2.24, 2.45) is 5.92 Å². The van der Waals surface area contributed by atoms with Crippen LogP contribution < -0.4 is 0 Å². The summed E-state index contributed by atoms with van der Waals surface area (Å²) in [4.78, 5) is 10.8. The van der Waals surface area contributed by atoms with Crippen LogP contribution in [0.3, 0.4) is 0 Å². The maximum atomic E-state index is 10.8. The molecule has 82 valence electrons. The van der Waals surface area contributed by atoms with Crippen molar-refractivity contribution in [1.29, 1.82) is 0 Å². The van der Waals surface area contributed by atoms with E-state index in [9.17, 15) is 4.79 Å². The Labute approximate surface area is 87.0 Å². The van der Waals surface area contributed by atoms with Crippen LogP contribution in [0.15, 0.2) is 12.2 Å². The van der Waals surface area contributed by atoms with Crippen molar-refractivity contribution in [3.05, 3.63) is 12.2 Å². The van der Waals surface area contributed by atoms with Gasteiger partial charge in [-0.05, 0) is 18.8 Å². The smallest absolute Gasteiger partial charge is 0.331 e.